The topological polar surface area (TPSA) is 120 Å². The van der Waals surface area contributed by atoms with Crippen LogP contribution in [0.4, 0.5) is 4.39 Å². The summed E-state index contributed by atoms with van der Waals surface area (Å²) in [6, 6.07) is 24.2. The summed E-state index contributed by atoms with van der Waals surface area (Å²) >= 11 is 0. The van der Waals surface area contributed by atoms with Crippen molar-refractivity contribution in [2.24, 2.45) is 11.1 Å². The number of oxime groups is 1. The van der Waals surface area contributed by atoms with Crippen molar-refractivity contribution in [3.8, 4) is 0 Å². The summed E-state index contributed by atoms with van der Waals surface area (Å²) in [5.41, 5.74) is 4.69. The Hall–Kier alpha value is -4.83. The Morgan fingerprint density at radius 3 is 2.16 bits per heavy atom. The summed E-state index contributed by atoms with van der Waals surface area (Å²) < 4.78 is 13.5. The molecule has 0 aromatic heterocycles. The van der Waals surface area contributed by atoms with Gasteiger partial charge in [-0.1, -0.05) is 65.8 Å². The van der Waals surface area contributed by atoms with E-state index < -0.39 is 11.9 Å². The number of aliphatic carboxylic acids is 2. The summed E-state index contributed by atoms with van der Waals surface area (Å²) in [4.78, 5) is 41.9. The number of carbonyl (C=O) groups excluding carboxylic acids is 1. The number of rotatable bonds is 10. The number of amides is 1. The molecule has 0 aliphatic carbocycles. The Kier molecular flexibility index (Phi) is 11.2. The third kappa shape index (κ3) is 9.61. The minimum atomic E-state index is -1.26. The fraction of sp³-hybridized carbons (Fsp3) is 0.273. The number of benzene rings is 3. The number of carboxylic acid groups (broad SMARTS) is 2. The molecule has 1 amide bonds. The molecule has 1 saturated heterocycles. The van der Waals surface area contributed by atoms with Crippen LogP contribution in [0.1, 0.15) is 39.9 Å². The lowest BCUT2D eigenvalue weighted by atomic mass is 9.95. The van der Waals surface area contributed by atoms with E-state index in [0.29, 0.717) is 31.2 Å². The predicted octanol–water partition coefficient (Wildman–Crippen LogP) is 4.83. The van der Waals surface area contributed by atoms with Crippen molar-refractivity contribution in [2.45, 2.75) is 26.0 Å². The van der Waals surface area contributed by atoms with Crippen LogP contribution in [0.15, 0.2) is 96.2 Å². The van der Waals surface area contributed by atoms with Gasteiger partial charge < -0.3 is 20.0 Å². The molecule has 0 atom stereocenters. The van der Waals surface area contributed by atoms with Gasteiger partial charge in [-0.15, -0.1) is 0 Å². The maximum absolute atomic E-state index is 13.5. The first kappa shape index (κ1) is 31.1. The third-order valence-corrected chi connectivity index (χ3v) is 7.25. The highest BCUT2D eigenvalue weighted by molar-refractivity contribution is 6.01. The van der Waals surface area contributed by atoms with Crippen molar-refractivity contribution >= 4 is 23.6 Å². The first-order valence-corrected chi connectivity index (χ1v) is 14.0. The van der Waals surface area contributed by atoms with Crippen LogP contribution in [0.5, 0.6) is 0 Å². The van der Waals surface area contributed by atoms with Gasteiger partial charge in [0.15, 0.2) is 0 Å². The summed E-state index contributed by atoms with van der Waals surface area (Å²) in [5, 5.41) is 20.1. The molecule has 5 rings (SSSR count). The fourth-order valence-corrected chi connectivity index (χ4v) is 5.03. The second kappa shape index (κ2) is 15.4. The van der Waals surface area contributed by atoms with Crippen LogP contribution < -0.4 is 0 Å². The first-order chi connectivity index (χ1) is 20.8. The van der Waals surface area contributed by atoms with E-state index in [1.165, 1.54) is 12.1 Å². The molecule has 0 saturated carbocycles. The van der Waals surface area contributed by atoms with Gasteiger partial charge in [-0.25, -0.2) is 14.0 Å². The molecule has 3 aromatic carbocycles. The van der Waals surface area contributed by atoms with E-state index in [1.54, 1.807) is 12.1 Å². The molecule has 2 heterocycles. The molecule has 1 fully saturated rings. The zero-order valence-electron chi connectivity index (χ0n) is 23.6. The highest BCUT2D eigenvalue weighted by Gasteiger charge is 2.30. The van der Waals surface area contributed by atoms with E-state index in [1.807, 2.05) is 59.5 Å². The quantitative estimate of drug-likeness (QED) is 0.198. The van der Waals surface area contributed by atoms with E-state index in [2.05, 4.69) is 10.1 Å². The van der Waals surface area contributed by atoms with Gasteiger partial charge in [0.2, 0.25) is 0 Å². The van der Waals surface area contributed by atoms with Gasteiger partial charge in [-0.2, -0.15) is 0 Å². The van der Waals surface area contributed by atoms with Crippen molar-refractivity contribution in [3.05, 3.63) is 119 Å². The minimum Gasteiger partial charge on any atom is -0.478 e. The number of fused-ring (bicyclic) bond motifs is 1. The number of likely N-dealkylation sites (tertiary alicyclic amines) is 1. The van der Waals surface area contributed by atoms with Gasteiger partial charge >= 0.3 is 11.9 Å². The van der Waals surface area contributed by atoms with Crippen molar-refractivity contribution in [1.29, 1.82) is 0 Å². The predicted molar refractivity (Wildman–Crippen MR) is 159 cm³/mol. The summed E-state index contributed by atoms with van der Waals surface area (Å²) in [7, 11) is 0. The van der Waals surface area contributed by atoms with Gasteiger partial charge in [0.25, 0.3) is 5.91 Å². The molecule has 9 nitrogen and oxygen atoms in total. The minimum absolute atomic E-state index is 0.157. The molecule has 2 N–H and O–H groups in total. The number of carbonyl (C=O) groups is 3. The Morgan fingerprint density at radius 1 is 0.907 bits per heavy atom. The van der Waals surface area contributed by atoms with Gasteiger partial charge in [-0.05, 0) is 61.2 Å². The second-order valence-electron chi connectivity index (χ2n) is 10.4. The molecule has 224 valence electrons. The zero-order valence-corrected chi connectivity index (χ0v) is 23.6. The molecule has 2 aliphatic rings. The van der Waals surface area contributed by atoms with Crippen LogP contribution in [0.2, 0.25) is 0 Å². The van der Waals surface area contributed by atoms with Crippen molar-refractivity contribution < 1.29 is 33.8 Å². The standard InChI is InChI=1S/C29H30FN3O2.C4H4O4/c30-26-12-10-24(11-13-26)28(31-35-21-23-6-2-1-3-7-23)20-32-16-14-22(15-17-32)18-33-19-25-8-4-5-9-27(25)29(33)34;5-3(6)1-2-4(7)8/h1-13,22H,14-21H2;1-2H,(H,5,6)(H,7,8). The van der Waals surface area contributed by atoms with Crippen LogP contribution >= 0.6 is 0 Å². The van der Waals surface area contributed by atoms with Gasteiger partial charge in [0.05, 0.1) is 0 Å². The lowest BCUT2D eigenvalue weighted by Gasteiger charge is -2.34. The van der Waals surface area contributed by atoms with E-state index in [9.17, 15) is 18.8 Å². The van der Waals surface area contributed by atoms with Crippen LogP contribution in [-0.4, -0.2) is 69.7 Å². The molecule has 43 heavy (non-hydrogen) atoms. The van der Waals surface area contributed by atoms with Crippen LogP contribution in [0.25, 0.3) is 0 Å². The number of halogens is 1. The van der Waals surface area contributed by atoms with E-state index in [4.69, 9.17) is 15.1 Å². The molecule has 0 bridgehead atoms. The smallest absolute Gasteiger partial charge is 0.328 e. The zero-order chi connectivity index (χ0) is 30.6. The van der Waals surface area contributed by atoms with Crippen LogP contribution in [0.3, 0.4) is 0 Å². The van der Waals surface area contributed by atoms with Gasteiger partial charge in [-0.3, -0.25) is 9.69 Å². The number of carboxylic acids is 2. The normalized spacial score (nSPS) is 15.6. The summed E-state index contributed by atoms with van der Waals surface area (Å²) in [6.45, 7) is 4.41. The number of hydrogen-bond donors (Lipinski definition) is 2. The molecule has 0 radical (unpaired) electrons. The van der Waals surface area contributed by atoms with Gasteiger partial charge in [0, 0.05) is 42.9 Å². The van der Waals surface area contributed by atoms with Crippen molar-refractivity contribution in [2.75, 3.05) is 26.2 Å². The van der Waals surface area contributed by atoms with E-state index >= 15 is 0 Å². The molecule has 0 unspecified atom stereocenters. The Balaban J connectivity index is 0.000000467. The molecule has 2 aliphatic heterocycles. The number of hydrogen-bond acceptors (Lipinski definition) is 6. The second-order valence-corrected chi connectivity index (χ2v) is 10.4. The Labute approximate surface area is 249 Å². The highest BCUT2D eigenvalue weighted by Crippen LogP contribution is 2.26. The molecular weight excluding hydrogens is 553 g/mol. The lowest BCUT2D eigenvalue weighted by Crippen LogP contribution is -2.41. The maximum Gasteiger partial charge on any atom is 0.328 e. The number of nitrogens with zero attached hydrogens (tertiary/aromatic N) is 3. The summed E-state index contributed by atoms with van der Waals surface area (Å²) in [5.74, 6) is -2.13. The monoisotopic (exact) mass is 587 g/mol. The van der Waals surface area contributed by atoms with Crippen molar-refractivity contribution in [3.63, 3.8) is 0 Å². The average Bonchev–Trinajstić information content (AvgIpc) is 3.32. The van der Waals surface area contributed by atoms with Crippen LogP contribution in [-0.2, 0) is 27.6 Å². The van der Waals surface area contributed by atoms with Crippen molar-refractivity contribution in [1.82, 2.24) is 9.80 Å². The van der Waals surface area contributed by atoms with Gasteiger partial charge in [0.1, 0.15) is 18.1 Å². The Bertz CT molecular complexity index is 1430. The maximum atomic E-state index is 13.5. The fourth-order valence-electron chi connectivity index (χ4n) is 5.03. The molecule has 10 heteroatoms. The van der Waals surface area contributed by atoms with Crippen LogP contribution in [0, 0.1) is 11.7 Å². The largest absolute Gasteiger partial charge is 0.478 e. The molecule has 0 spiro atoms. The third-order valence-electron chi connectivity index (χ3n) is 7.25. The molecular formula is C33H34FN3O6. The van der Waals surface area contributed by atoms with E-state index in [0.717, 1.165) is 67.0 Å². The van der Waals surface area contributed by atoms with E-state index in [-0.39, 0.29) is 11.7 Å². The summed E-state index contributed by atoms with van der Waals surface area (Å²) in [6.07, 6.45) is 3.17. The lowest BCUT2D eigenvalue weighted by molar-refractivity contribution is -0.134. The number of piperidine rings is 1. The SMILES string of the molecule is O=C(O)C=CC(=O)O.O=C1c2ccccc2CN1CC1CCN(CC(=NOCc2ccccc2)c2ccc(F)cc2)CC1. The Morgan fingerprint density at radius 2 is 1.53 bits per heavy atom. The molecule has 3 aromatic rings. The highest BCUT2D eigenvalue weighted by atomic mass is 19.1. The average molecular weight is 588 g/mol. The first-order valence-electron chi connectivity index (χ1n) is 14.0.